The highest BCUT2D eigenvalue weighted by Crippen LogP contribution is 2.22. The fourth-order valence-corrected chi connectivity index (χ4v) is 1.82. The quantitative estimate of drug-likeness (QED) is 0.885. The van der Waals surface area contributed by atoms with Crippen molar-refractivity contribution < 1.29 is 0 Å². The maximum atomic E-state index is 8.81. The van der Waals surface area contributed by atoms with Gasteiger partial charge in [0.1, 0.15) is 6.07 Å². The fraction of sp³-hybridized carbons (Fsp3) is 0.167. The minimum Gasteiger partial charge on any atom is -0.323 e. The summed E-state index contributed by atoms with van der Waals surface area (Å²) in [5, 5.41) is 9.23. The topological polar surface area (TPSA) is 67.6 Å². The Bertz CT molecular complexity index is 580. The second-order valence-corrected chi connectivity index (χ2v) is 4.16. The monoisotopic (exact) mass is 246 g/mol. The van der Waals surface area contributed by atoms with Crippen molar-refractivity contribution in [1.82, 2.24) is 9.55 Å². The van der Waals surface area contributed by atoms with Crippen molar-refractivity contribution >= 4 is 11.6 Å². The van der Waals surface area contributed by atoms with Crippen LogP contribution in [0.5, 0.6) is 0 Å². The van der Waals surface area contributed by atoms with Crippen molar-refractivity contribution in [2.24, 2.45) is 5.73 Å². The van der Waals surface area contributed by atoms with Crippen LogP contribution >= 0.6 is 11.6 Å². The molecular formula is C12H11ClN4. The summed E-state index contributed by atoms with van der Waals surface area (Å²) in [4.78, 5) is 4.07. The van der Waals surface area contributed by atoms with Crippen LogP contribution in [0.4, 0.5) is 0 Å². The zero-order chi connectivity index (χ0) is 12.4. The molecule has 2 rings (SSSR count). The Hall–Kier alpha value is -1.83. The van der Waals surface area contributed by atoms with Gasteiger partial charge in [-0.1, -0.05) is 11.6 Å². The van der Waals surface area contributed by atoms with E-state index in [1.54, 1.807) is 24.7 Å². The number of hydrogen-bond donors (Lipinski definition) is 1. The van der Waals surface area contributed by atoms with Crippen LogP contribution in [0.25, 0.3) is 5.69 Å². The van der Waals surface area contributed by atoms with Crippen molar-refractivity contribution in [3.05, 3.63) is 47.0 Å². The van der Waals surface area contributed by atoms with Gasteiger partial charge in [-0.15, -0.1) is 0 Å². The van der Waals surface area contributed by atoms with Gasteiger partial charge in [0.25, 0.3) is 0 Å². The van der Waals surface area contributed by atoms with E-state index in [1.807, 2.05) is 23.6 Å². The number of nitriles is 1. The molecule has 1 atom stereocenters. The van der Waals surface area contributed by atoms with Gasteiger partial charge in [-0.05, 0) is 25.1 Å². The first-order valence-electron chi connectivity index (χ1n) is 5.11. The molecule has 2 N–H and O–H groups in total. The van der Waals surface area contributed by atoms with Crippen molar-refractivity contribution in [2.75, 3.05) is 0 Å². The number of hydrogen-bond acceptors (Lipinski definition) is 3. The molecule has 0 saturated heterocycles. The average Bonchev–Trinajstić information content (AvgIpc) is 2.77. The van der Waals surface area contributed by atoms with Gasteiger partial charge in [-0.2, -0.15) is 5.26 Å². The third-order valence-corrected chi connectivity index (χ3v) is 2.80. The lowest BCUT2D eigenvalue weighted by Crippen LogP contribution is -2.10. The molecule has 5 heteroatoms. The number of aromatic nitrogens is 2. The molecule has 0 saturated carbocycles. The molecule has 1 heterocycles. The molecule has 4 nitrogen and oxygen atoms in total. The summed E-state index contributed by atoms with van der Waals surface area (Å²) < 4.78 is 1.86. The van der Waals surface area contributed by atoms with E-state index in [1.165, 1.54) is 0 Å². The van der Waals surface area contributed by atoms with Crippen molar-refractivity contribution in [2.45, 2.75) is 13.0 Å². The standard InChI is InChI=1S/C12H11ClN4/c1-8(15)12-6-16-7-17(12)10-3-2-9(5-14)11(13)4-10/h2-4,6-8H,15H2,1H3/t8-/m0/s1. The Morgan fingerprint density at radius 3 is 2.88 bits per heavy atom. The largest absolute Gasteiger partial charge is 0.323 e. The minimum atomic E-state index is -0.119. The third-order valence-electron chi connectivity index (χ3n) is 2.48. The van der Waals surface area contributed by atoms with Crippen LogP contribution < -0.4 is 5.73 Å². The van der Waals surface area contributed by atoms with E-state index in [2.05, 4.69) is 4.98 Å². The van der Waals surface area contributed by atoms with Crippen LogP contribution in [0, 0.1) is 11.3 Å². The predicted octanol–water partition coefficient (Wildman–Crippen LogP) is 2.42. The molecule has 0 fully saturated rings. The molecule has 0 aliphatic heterocycles. The van der Waals surface area contributed by atoms with Crippen molar-refractivity contribution in [3.63, 3.8) is 0 Å². The van der Waals surface area contributed by atoms with Gasteiger partial charge in [0, 0.05) is 11.7 Å². The predicted molar refractivity (Wildman–Crippen MR) is 65.9 cm³/mol. The molecule has 0 unspecified atom stereocenters. The summed E-state index contributed by atoms with van der Waals surface area (Å²) >= 11 is 5.99. The Kier molecular flexibility index (Phi) is 3.14. The van der Waals surface area contributed by atoms with Gasteiger partial charge in [-0.25, -0.2) is 4.98 Å². The molecular weight excluding hydrogens is 236 g/mol. The summed E-state index contributed by atoms with van der Waals surface area (Å²) in [6.07, 6.45) is 3.40. The van der Waals surface area contributed by atoms with E-state index in [9.17, 15) is 0 Å². The smallest absolute Gasteiger partial charge is 0.101 e. The Morgan fingerprint density at radius 1 is 1.53 bits per heavy atom. The average molecular weight is 247 g/mol. The van der Waals surface area contributed by atoms with E-state index in [0.29, 0.717) is 10.6 Å². The molecule has 0 amide bonds. The lowest BCUT2D eigenvalue weighted by Gasteiger charge is -2.11. The highest BCUT2D eigenvalue weighted by atomic mass is 35.5. The SMILES string of the molecule is C[C@H](N)c1cncn1-c1ccc(C#N)c(Cl)c1. The van der Waals surface area contributed by atoms with Crippen molar-refractivity contribution in [1.29, 1.82) is 5.26 Å². The lowest BCUT2D eigenvalue weighted by atomic mass is 10.2. The molecule has 1 aromatic carbocycles. The molecule has 0 aliphatic carbocycles. The van der Waals surface area contributed by atoms with Crippen LogP contribution in [0.3, 0.4) is 0 Å². The van der Waals surface area contributed by atoms with Gasteiger partial charge in [0.2, 0.25) is 0 Å². The van der Waals surface area contributed by atoms with Gasteiger partial charge in [0.15, 0.2) is 0 Å². The van der Waals surface area contributed by atoms with Crippen LogP contribution in [-0.2, 0) is 0 Å². The number of nitrogens with two attached hydrogens (primary N) is 1. The zero-order valence-electron chi connectivity index (χ0n) is 9.26. The molecule has 17 heavy (non-hydrogen) atoms. The van der Waals surface area contributed by atoms with Crippen molar-refractivity contribution in [3.8, 4) is 11.8 Å². The highest BCUT2D eigenvalue weighted by Gasteiger charge is 2.09. The van der Waals surface area contributed by atoms with Crippen LogP contribution in [0.1, 0.15) is 24.2 Å². The normalized spacial score (nSPS) is 12.1. The van der Waals surface area contributed by atoms with Crippen LogP contribution in [0.15, 0.2) is 30.7 Å². The van der Waals surface area contributed by atoms with E-state index in [4.69, 9.17) is 22.6 Å². The maximum Gasteiger partial charge on any atom is 0.101 e. The van der Waals surface area contributed by atoms with Crippen LogP contribution in [0.2, 0.25) is 5.02 Å². The summed E-state index contributed by atoms with van der Waals surface area (Å²) in [6.45, 7) is 1.89. The summed E-state index contributed by atoms with van der Waals surface area (Å²) in [6, 6.07) is 7.14. The molecule has 0 spiro atoms. The number of benzene rings is 1. The van der Waals surface area contributed by atoms with E-state index in [0.717, 1.165) is 11.4 Å². The van der Waals surface area contributed by atoms with E-state index < -0.39 is 0 Å². The molecule has 0 radical (unpaired) electrons. The third kappa shape index (κ3) is 2.16. The number of nitrogens with zero attached hydrogens (tertiary/aromatic N) is 3. The maximum absolute atomic E-state index is 8.81. The lowest BCUT2D eigenvalue weighted by molar-refractivity contribution is 0.752. The second kappa shape index (κ2) is 4.58. The zero-order valence-corrected chi connectivity index (χ0v) is 10.0. The first-order chi connectivity index (χ1) is 8.13. The van der Waals surface area contributed by atoms with Gasteiger partial charge in [0.05, 0.1) is 28.8 Å². The summed E-state index contributed by atoms with van der Waals surface area (Å²) in [5.41, 5.74) is 8.04. The number of imidazole rings is 1. The van der Waals surface area contributed by atoms with Crippen LogP contribution in [-0.4, -0.2) is 9.55 Å². The summed E-state index contributed by atoms with van der Waals surface area (Å²) in [5.74, 6) is 0. The highest BCUT2D eigenvalue weighted by molar-refractivity contribution is 6.31. The Labute approximate surface area is 104 Å². The molecule has 0 bridgehead atoms. The molecule has 0 aliphatic rings. The fourth-order valence-electron chi connectivity index (χ4n) is 1.60. The number of rotatable bonds is 2. The molecule has 2 aromatic rings. The molecule has 1 aromatic heterocycles. The first kappa shape index (κ1) is 11.6. The van der Waals surface area contributed by atoms with E-state index >= 15 is 0 Å². The Balaban J connectivity index is 2.51. The first-order valence-corrected chi connectivity index (χ1v) is 5.49. The number of halogens is 1. The Morgan fingerprint density at radius 2 is 2.29 bits per heavy atom. The summed E-state index contributed by atoms with van der Waals surface area (Å²) in [7, 11) is 0. The molecule has 86 valence electrons. The van der Waals surface area contributed by atoms with Gasteiger partial charge >= 0.3 is 0 Å². The van der Waals surface area contributed by atoms with E-state index in [-0.39, 0.29) is 6.04 Å². The second-order valence-electron chi connectivity index (χ2n) is 3.75. The van der Waals surface area contributed by atoms with Gasteiger partial charge in [-0.3, -0.25) is 0 Å². The minimum absolute atomic E-state index is 0.119. The van der Waals surface area contributed by atoms with Gasteiger partial charge < -0.3 is 10.3 Å².